The van der Waals surface area contributed by atoms with E-state index in [2.05, 4.69) is 30.0 Å². The highest BCUT2D eigenvalue weighted by Gasteiger charge is 2.32. The molecule has 5 rings (SSSR count). The SMILES string of the molecule is COc1ncnc(C2CC2)c1-c1c2c(nn1C)[nH]c1ncncc12. The predicted molar refractivity (Wildman–Crippen MR) is 87.7 cm³/mol. The molecular formula is C16H15N7O. The van der Waals surface area contributed by atoms with Gasteiger partial charge in [0.2, 0.25) is 5.88 Å². The van der Waals surface area contributed by atoms with Gasteiger partial charge in [0.15, 0.2) is 5.65 Å². The van der Waals surface area contributed by atoms with Crippen LogP contribution >= 0.6 is 0 Å². The number of methoxy groups -OCH3 is 1. The summed E-state index contributed by atoms with van der Waals surface area (Å²) in [6.45, 7) is 0. The molecule has 0 radical (unpaired) electrons. The number of aromatic nitrogens is 7. The standard InChI is InChI=1S/C16H15N7O/c1-23-13(10-9-5-17-6-19-14(9)21-15(10)22-23)11-12(8-3-4-8)18-7-20-16(11)24-2/h5-8H,3-4H2,1-2H3,(H,17,19,21,22). The Morgan fingerprint density at radius 2 is 2.04 bits per heavy atom. The molecular weight excluding hydrogens is 306 g/mol. The highest BCUT2D eigenvalue weighted by molar-refractivity contribution is 6.11. The molecule has 0 aliphatic heterocycles. The summed E-state index contributed by atoms with van der Waals surface area (Å²) in [5.74, 6) is 1.03. The third kappa shape index (κ3) is 1.76. The quantitative estimate of drug-likeness (QED) is 0.621. The molecule has 120 valence electrons. The minimum atomic E-state index is 0.461. The second-order valence-corrected chi connectivity index (χ2v) is 6.02. The second-order valence-electron chi connectivity index (χ2n) is 6.02. The Hall–Kier alpha value is -3.03. The van der Waals surface area contributed by atoms with Gasteiger partial charge >= 0.3 is 0 Å². The van der Waals surface area contributed by atoms with Crippen molar-refractivity contribution in [2.45, 2.75) is 18.8 Å². The molecule has 1 aliphatic carbocycles. The van der Waals surface area contributed by atoms with Gasteiger partial charge in [-0.3, -0.25) is 4.68 Å². The number of aryl methyl sites for hydroxylation is 1. The van der Waals surface area contributed by atoms with E-state index in [0.29, 0.717) is 11.8 Å². The Bertz CT molecular complexity index is 1080. The first-order chi connectivity index (χ1) is 11.8. The molecule has 8 nitrogen and oxygen atoms in total. The summed E-state index contributed by atoms with van der Waals surface area (Å²) >= 11 is 0. The van der Waals surface area contributed by atoms with E-state index in [1.54, 1.807) is 19.6 Å². The molecule has 0 bridgehead atoms. The smallest absolute Gasteiger partial charge is 0.226 e. The summed E-state index contributed by atoms with van der Waals surface area (Å²) in [5.41, 5.74) is 4.42. The van der Waals surface area contributed by atoms with Crippen molar-refractivity contribution in [2.24, 2.45) is 7.05 Å². The van der Waals surface area contributed by atoms with Crippen LogP contribution in [0.3, 0.4) is 0 Å². The van der Waals surface area contributed by atoms with Crippen LogP contribution in [0.25, 0.3) is 33.3 Å². The van der Waals surface area contributed by atoms with Crippen molar-refractivity contribution < 1.29 is 4.74 Å². The van der Waals surface area contributed by atoms with Crippen molar-refractivity contribution in [3.63, 3.8) is 0 Å². The maximum absolute atomic E-state index is 5.55. The highest BCUT2D eigenvalue weighted by Crippen LogP contribution is 2.47. The highest BCUT2D eigenvalue weighted by atomic mass is 16.5. The van der Waals surface area contributed by atoms with Gasteiger partial charge in [-0.15, -0.1) is 0 Å². The van der Waals surface area contributed by atoms with E-state index >= 15 is 0 Å². The summed E-state index contributed by atoms with van der Waals surface area (Å²) < 4.78 is 7.39. The van der Waals surface area contributed by atoms with E-state index < -0.39 is 0 Å². The van der Waals surface area contributed by atoms with Crippen molar-refractivity contribution in [3.05, 3.63) is 24.5 Å². The molecule has 1 saturated carbocycles. The summed E-state index contributed by atoms with van der Waals surface area (Å²) in [6.07, 6.45) is 7.19. The molecule has 0 aromatic carbocycles. The number of hydrogen-bond acceptors (Lipinski definition) is 6. The third-order valence-electron chi connectivity index (χ3n) is 4.50. The minimum Gasteiger partial charge on any atom is -0.480 e. The molecule has 0 spiro atoms. The second kappa shape index (κ2) is 4.73. The molecule has 4 heterocycles. The Morgan fingerprint density at radius 3 is 2.83 bits per heavy atom. The molecule has 0 amide bonds. The van der Waals surface area contributed by atoms with Crippen LogP contribution in [0.2, 0.25) is 0 Å². The molecule has 0 unspecified atom stereocenters. The minimum absolute atomic E-state index is 0.461. The molecule has 0 saturated heterocycles. The third-order valence-corrected chi connectivity index (χ3v) is 4.50. The number of H-pyrrole nitrogens is 1. The Morgan fingerprint density at radius 1 is 1.17 bits per heavy atom. The van der Waals surface area contributed by atoms with Crippen molar-refractivity contribution in [2.75, 3.05) is 7.11 Å². The summed E-state index contributed by atoms with van der Waals surface area (Å²) in [4.78, 5) is 20.6. The maximum atomic E-state index is 5.55. The molecule has 1 fully saturated rings. The fourth-order valence-electron chi connectivity index (χ4n) is 3.30. The zero-order chi connectivity index (χ0) is 16.3. The van der Waals surface area contributed by atoms with Crippen LogP contribution in [-0.2, 0) is 7.05 Å². The summed E-state index contributed by atoms with van der Waals surface area (Å²) in [7, 11) is 3.55. The topological polar surface area (TPSA) is 94.4 Å². The first-order valence-corrected chi connectivity index (χ1v) is 7.81. The van der Waals surface area contributed by atoms with Gasteiger partial charge in [0.1, 0.15) is 18.3 Å². The first-order valence-electron chi connectivity index (χ1n) is 7.81. The van der Waals surface area contributed by atoms with Crippen LogP contribution in [-0.4, -0.2) is 41.8 Å². The van der Waals surface area contributed by atoms with Crippen LogP contribution < -0.4 is 4.74 Å². The van der Waals surface area contributed by atoms with Gasteiger partial charge in [-0.1, -0.05) is 0 Å². The van der Waals surface area contributed by atoms with Gasteiger partial charge in [-0.05, 0) is 12.8 Å². The van der Waals surface area contributed by atoms with Gasteiger partial charge in [-0.25, -0.2) is 19.9 Å². The lowest BCUT2D eigenvalue weighted by molar-refractivity contribution is 0.397. The number of hydrogen-bond donors (Lipinski definition) is 1. The number of nitrogens with zero attached hydrogens (tertiary/aromatic N) is 6. The van der Waals surface area contributed by atoms with Gasteiger partial charge in [0.05, 0.1) is 29.4 Å². The Labute approximate surface area is 136 Å². The first kappa shape index (κ1) is 13.4. The largest absolute Gasteiger partial charge is 0.480 e. The average Bonchev–Trinajstić information content (AvgIpc) is 3.32. The van der Waals surface area contributed by atoms with E-state index in [4.69, 9.17) is 4.74 Å². The van der Waals surface area contributed by atoms with Gasteiger partial charge in [-0.2, -0.15) is 5.10 Å². The fraction of sp³-hybridized carbons (Fsp3) is 0.312. The van der Waals surface area contributed by atoms with Crippen LogP contribution in [0.4, 0.5) is 0 Å². The van der Waals surface area contributed by atoms with Crippen molar-refractivity contribution in [3.8, 4) is 17.1 Å². The number of rotatable bonds is 3. The zero-order valence-corrected chi connectivity index (χ0v) is 13.3. The van der Waals surface area contributed by atoms with Crippen LogP contribution in [0.5, 0.6) is 5.88 Å². The number of nitrogens with one attached hydrogen (secondary N) is 1. The normalized spacial score (nSPS) is 14.6. The lowest BCUT2D eigenvalue weighted by Gasteiger charge is -2.12. The van der Waals surface area contributed by atoms with Crippen LogP contribution in [0.1, 0.15) is 24.5 Å². The summed E-state index contributed by atoms with van der Waals surface area (Å²) in [6, 6.07) is 0. The number of fused-ring (bicyclic) bond motifs is 3. The maximum Gasteiger partial charge on any atom is 0.226 e. The molecule has 1 aliphatic rings. The average molecular weight is 321 g/mol. The van der Waals surface area contributed by atoms with E-state index in [9.17, 15) is 0 Å². The van der Waals surface area contributed by atoms with E-state index in [0.717, 1.165) is 51.9 Å². The molecule has 1 N–H and O–H groups in total. The van der Waals surface area contributed by atoms with Crippen molar-refractivity contribution in [1.82, 2.24) is 34.7 Å². The lowest BCUT2D eigenvalue weighted by Crippen LogP contribution is -2.03. The predicted octanol–water partition coefficient (Wildman–Crippen LogP) is 2.19. The zero-order valence-electron chi connectivity index (χ0n) is 13.3. The summed E-state index contributed by atoms with van der Waals surface area (Å²) in [5, 5.41) is 6.51. The van der Waals surface area contributed by atoms with Crippen molar-refractivity contribution >= 4 is 22.1 Å². The monoisotopic (exact) mass is 321 g/mol. The van der Waals surface area contributed by atoms with E-state index in [1.165, 1.54) is 6.33 Å². The van der Waals surface area contributed by atoms with Gasteiger partial charge in [0, 0.05) is 24.5 Å². The Balaban J connectivity index is 1.91. The Kier molecular flexibility index (Phi) is 2.64. The van der Waals surface area contributed by atoms with Crippen LogP contribution in [0, 0.1) is 0 Å². The molecule has 4 aromatic heterocycles. The van der Waals surface area contributed by atoms with Gasteiger partial charge in [0.25, 0.3) is 0 Å². The van der Waals surface area contributed by atoms with Crippen LogP contribution in [0.15, 0.2) is 18.9 Å². The van der Waals surface area contributed by atoms with Gasteiger partial charge < -0.3 is 9.72 Å². The fourth-order valence-corrected chi connectivity index (χ4v) is 3.30. The molecule has 8 heteroatoms. The number of ether oxygens (including phenoxy) is 1. The molecule has 4 aromatic rings. The van der Waals surface area contributed by atoms with E-state index in [-0.39, 0.29) is 0 Å². The number of aromatic amines is 1. The molecule has 24 heavy (non-hydrogen) atoms. The molecule has 0 atom stereocenters. The van der Waals surface area contributed by atoms with E-state index in [1.807, 2.05) is 11.7 Å². The van der Waals surface area contributed by atoms with Crippen molar-refractivity contribution in [1.29, 1.82) is 0 Å². The lowest BCUT2D eigenvalue weighted by atomic mass is 10.0.